The minimum atomic E-state index is -0.527. The number of aromatic hydroxyl groups is 1. The number of nitrogens with one attached hydrogen (secondary N) is 1. The van der Waals surface area contributed by atoms with E-state index in [1.807, 2.05) is 30.3 Å². The number of phenols is 1. The van der Waals surface area contributed by atoms with E-state index in [-0.39, 0.29) is 5.75 Å². The summed E-state index contributed by atoms with van der Waals surface area (Å²) in [4.78, 5) is 4.67. The number of thioether (sulfide) groups is 1. The van der Waals surface area contributed by atoms with Crippen LogP contribution in [0, 0.1) is 6.92 Å². The molecule has 2 heterocycles. The lowest BCUT2D eigenvalue weighted by Gasteiger charge is -2.19. The Kier molecular flexibility index (Phi) is 5.18. The van der Waals surface area contributed by atoms with Gasteiger partial charge < -0.3 is 15.2 Å². The normalized spacial score (nSPS) is 14.5. The smallest absolute Gasteiger partial charge is 0.247 e. The predicted octanol–water partition coefficient (Wildman–Crippen LogP) is 5.35. The fourth-order valence-electron chi connectivity index (χ4n) is 3.38. The topological polar surface area (TPSA) is 80.2 Å². The zero-order valence-corrected chi connectivity index (χ0v) is 17.6. The first-order valence-electron chi connectivity index (χ1n) is 9.90. The summed E-state index contributed by atoms with van der Waals surface area (Å²) in [5.41, 5.74) is 5.54. The Morgan fingerprint density at radius 3 is 2.68 bits per heavy atom. The van der Waals surface area contributed by atoms with Crippen LogP contribution in [-0.2, 0) is 5.75 Å². The zero-order valence-electron chi connectivity index (χ0n) is 16.8. The van der Waals surface area contributed by atoms with Gasteiger partial charge in [-0.2, -0.15) is 4.98 Å². The average Bonchev–Trinajstić information content (AvgIpc) is 2.95. The fraction of sp³-hybridized carbons (Fsp3) is 0.125. The molecule has 0 saturated heterocycles. The number of phenolic OH excluding ortho intramolecular Hbond substituents is 1. The van der Waals surface area contributed by atoms with Gasteiger partial charge in [-0.05, 0) is 30.7 Å². The van der Waals surface area contributed by atoms with Crippen molar-refractivity contribution in [3.05, 3.63) is 89.5 Å². The van der Waals surface area contributed by atoms with Gasteiger partial charge >= 0.3 is 0 Å². The summed E-state index contributed by atoms with van der Waals surface area (Å²) in [5.74, 6) is 1.33. The quantitative estimate of drug-likeness (QED) is 0.424. The molecule has 0 aliphatic carbocycles. The lowest BCUT2D eigenvalue weighted by molar-refractivity contribution is 0.225. The van der Waals surface area contributed by atoms with Crippen LogP contribution < -0.4 is 10.1 Å². The van der Waals surface area contributed by atoms with Gasteiger partial charge in [-0.3, -0.25) is 0 Å². The molecule has 154 valence electrons. The van der Waals surface area contributed by atoms with Crippen molar-refractivity contribution in [2.24, 2.45) is 0 Å². The van der Waals surface area contributed by atoms with Crippen LogP contribution in [0.1, 0.15) is 22.9 Å². The molecule has 4 aromatic rings. The van der Waals surface area contributed by atoms with Crippen LogP contribution in [0.3, 0.4) is 0 Å². The third kappa shape index (κ3) is 4.18. The number of fused-ring (bicyclic) bond motifs is 3. The van der Waals surface area contributed by atoms with Gasteiger partial charge in [0.15, 0.2) is 11.9 Å². The van der Waals surface area contributed by atoms with Crippen LogP contribution in [0.15, 0.2) is 78.0 Å². The van der Waals surface area contributed by atoms with Gasteiger partial charge in [0.1, 0.15) is 5.75 Å². The summed E-state index contributed by atoms with van der Waals surface area (Å²) >= 11 is 1.51. The number of benzene rings is 3. The maximum atomic E-state index is 9.92. The van der Waals surface area contributed by atoms with Crippen molar-refractivity contribution in [1.29, 1.82) is 0 Å². The molecular weight excluding hydrogens is 408 g/mol. The van der Waals surface area contributed by atoms with E-state index in [1.54, 1.807) is 18.2 Å². The summed E-state index contributed by atoms with van der Waals surface area (Å²) in [7, 11) is 0. The van der Waals surface area contributed by atoms with E-state index in [0.717, 1.165) is 22.6 Å². The molecule has 7 heteroatoms. The second-order valence-corrected chi connectivity index (χ2v) is 8.25. The number of hydrogen-bond donors (Lipinski definition) is 2. The molecule has 6 nitrogen and oxygen atoms in total. The second-order valence-electron chi connectivity index (χ2n) is 7.31. The molecule has 1 aliphatic heterocycles. The molecule has 0 radical (unpaired) electrons. The highest BCUT2D eigenvalue weighted by Gasteiger charge is 2.26. The highest BCUT2D eigenvalue weighted by Crippen LogP contribution is 2.39. The first-order chi connectivity index (χ1) is 15.2. The Balaban J connectivity index is 1.48. The number of para-hydroxylation sites is 1. The molecule has 0 amide bonds. The molecule has 0 spiro atoms. The van der Waals surface area contributed by atoms with Gasteiger partial charge in [0.05, 0.1) is 0 Å². The average molecular weight is 429 g/mol. The molecule has 0 fully saturated rings. The minimum absolute atomic E-state index is 0.177. The number of anilines is 1. The first-order valence-corrected chi connectivity index (χ1v) is 10.9. The largest absolute Gasteiger partial charge is 0.508 e. The molecule has 0 bridgehead atoms. The summed E-state index contributed by atoms with van der Waals surface area (Å²) in [6.45, 7) is 2.07. The van der Waals surface area contributed by atoms with E-state index >= 15 is 0 Å². The van der Waals surface area contributed by atoms with Crippen molar-refractivity contribution in [3.8, 4) is 22.9 Å². The standard InChI is InChI=1S/C24H20N4O2S/c1-15-9-11-16(12-10-15)14-31-24-26-23-21(27-28-24)19-7-2-3-8-20(19)25-22(30-23)17-5-4-6-18(29)13-17/h2-13,22,25,29H,14H2,1H3. The Labute approximate surface area is 184 Å². The number of aryl methyl sites for hydroxylation is 1. The molecule has 0 saturated carbocycles. The Morgan fingerprint density at radius 2 is 1.84 bits per heavy atom. The van der Waals surface area contributed by atoms with Crippen LogP contribution in [-0.4, -0.2) is 20.3 Å². The number of rotatable bonds is 4. The predicted molar refractivity (Wildman–Crippen MR) is 121 cm³/mol. The van der Waals surface area contributed by atoms with Gasteiger partial charge in [0.25, 0.3) is 0 Å². The van der Waals surface area contributed by atoms with Crippen molar-refractivity contribution in [3.63, 3.8) is 0 Å². The van der Waals surface area contributed by atoms with Crippen LogP contribution >= 0.6 is 11.8 Å². The zero-order chi connectivity index (χ0) is 21.2. The van der Waals surface area contributed by atoms with Crippen molar-refractivity contribution in [2.75, 3.05) is 5.32 Å². The van der Waals surface area contributed by atoms with Crippen LogP contribution in [0.25, 0.3) is 11.3 Å². The molecule has 31 heavy (non-hydrogen) atoms. The lowest BCUT2D eigenvalue weighted by Crippen LogP contribution is -2.17. The minimum Gasteiger partial charge on any atom is -0.508 e. The highest BCUT2D eigenvalue weighted by atomic mass is 32.2. The maximum absolute atomic E-state index is 9.92. The van der Waals surface area contributed by atoms with Crippen molar-refractivity contribution in [2.45, 2.75) is 24.1 Å². The molecule has 2 N–H and O–H groups in total. The molecule has 1 aromatic heterocycles. The molecule has 1 unspecified atom stereocenters. The van der Waals surface area contributed by atoms with E-state index in [0.29, 0.717) is 16.7 Å². The Hall–Kier alpha value is -3.58. The number of nitrogens with zero attached hydrogens (tertiary/aromatic N) is 3. The molecule has 1 aliphatic rings. The summed E-state index contributed by atoms with van der Waals surface area (Å²) in [5, 5.41) is 22.6. The van der Waals surface area contributed by atoms with Gasteiger partial charge in [-0.15, -0.1) is 10.2 Å². The number of hydrogen-bond acceptors (Lipinski definition) is 7. The van der Waals surface area contributed by atoms with E-state index in [4.69, 9.17) is 4.74 Å². The van der Waals surface area contributed by atoms with Crippen LogP contribution in [0.5, 0.6) is 11.6 Å². The van der Waals surface area contributed by atoms with Gasteiger partial charge in [0.2, 0.25) is 11.0 Å². The lowest BCUT2D eigenvalue weighted by atomic mass is 10.1. The molecule has 1 atom stereocenters. The van der Waals surface area contributed by atoms with E-state index < -0.39 is 6.23 Å². The number of ether oxygens (including phenoxy) is 1. The van der Waals surface area contributed by atoms with Gasteiger partial charge in [-0.1, -0.05) is 71.9 Å². The maximum Gasteiger partial charge on any atom is 0.247 e. The molecular formula is C24H20N4O2S. The van der Waals surface area contributed by atoms with E-state index in [2.05, 4.69) is 51.7 Å². The Bertz CT molecular complexity index is 1230. The van der Waals surface area contributed by atoms with Crippen molar-refractivity contribution >= 4 is 17.4 Å². The van der Waals surface area contributed by atoms with E-state index in [9.17, 15) is 5.11 Å². The summed E-state index contributed by atoms with van der Waals surface area (Å²) in [6, 6.07) is 23.2. The van der Waals surface area contributed by atoms with Crippen molar-refractivity contribution < 1.29 is 9.84 Å². The molecule has 3 aromatic carbocycles. The third-order valence-electron chi connectivity index (χ3n) is 5.00. The van der Waals surface area contributed by atoms with Crippen LogP contribution in [0.4, 0.5) is 5.69 Å². The first kappa shape index (κ1) is 19.4. The fourth-order valence-corrected chi connectivity index (χ4v) is 4.11. The van der Waals surface area contributed by atoms with Gasteiger partial charge in [-0.25, -0.2) is 0 Å². The number of aromatic nitrogens is 3. The SMILES string of the molecule is Cc1ccc(CSc2nnc3c(n2)OC(c2cccc(O)c2)Nc2ccccc2-3)cc1. The monoisotopic (exact) mass is 428 g/mol. The third-order valence-corrected chi connectivity index (χ3v) is 5.90. The summed E-state index contributed by atoms with van der Waals surface area (Å²) < 4.78 is 6.24. The molecule has 5 rings (SSSR count). The summed E-state index contributed by atoms with van der Waals surface area (Å²) in [6.07, 6.45) is -0.527. The Morgan fingerprint density at radius 1 is 1.00 bits per heavy atom. The van der Waals surface area contributed by atoms with Crippen LogP contribution in [0.2, 0.25) is 0 Å². The highest BCUT2D eigenvalue weighted by molar-refractivity contribution is 7.98. The second kappa shape index (κ2) is 8.28. The van der Waals surface area contributed by atoms with E-state index in [1.165, 1.54) is 22.9 Å². The van der Waals surface area contributed by atoms with Crippen molar-refractivity contribution in [1.82, 2.24) is 15.2 Å². The van der Waals surface area contributed by atoms with Gasteiger partial charge in [0, 0.05) is 22.6 Å².